The zero-order chi connectivity index (χ0) is 15.7. The van der Waals surface area contributed by atoms with Gasteiger partial charge in [-0.05, 0) is 31.5 Å². The number of aromatic nitrogens is 3. The number of pyridine rings is 2. The highest BCUT2D eigenvalue weighted by molar-refractivity contribution is 5.85. The molecule has 2 N–H and O–H groups in total. The molecule has 0 saturated heterocycles. The summed E-state index contributed by atoms with van der Waals surface area (Å²) in [7, 11) is 2.01. The summed E-state index contributed by atoms with van der Waals surface area (Å²) in [6.07, 6.45) is 4.92. The average Bonchev–Trinajstić information content (AvgIpc) is 2.81. The standard InChI is InChI=1S/C17H21N4O.2ClH/c1-12-6-7-15-16(18)17(19-21(15)13(12)2)22-10-8-14-5-4-9-20(3)11-14;;/h4-7,9,11H,8,10,18H2,1-3H3;2*1H/q+1;;/p-1. The fourth-order valence-corrected chi connectivity index (χ4v) is 2.50. The minimum atomic E-state index is 0. The minimum Gasteiger partial charge on any atom is -1.00 e. The van der Waals surface area contributed by atoms with Crippen molar-refractivity contribution in [2.75, 3.05) is 12.3 Å². The van der Waals surface area contributed by atoms with E-state index in [1.165, 1.54) is 11.1 Å². The van der Waals surface area contributed by atoms with Gasteiger partial charge in [0.15, 0.2) is 12.4 Å². The molecule has 5 nitrogen and oxygen atoms in total. The van der Waals surface area contributed by atoms with Crippen molar-refractivity contribution in [3.05, 3.63) is 53.5 Å². The molecule has 0 radical (unpaired) electrons. The van der Waals surface area contributed by atoms with Gasteiger partial charge in [-0.3, -0.25) is 0 Å². The zero-order valence-electron chi connectivity index (χ0n) is 14.0. The second-order valence-corrected chi connectivity index (χ2v) is 5.59. The predicted octanol–water partition coefficient (Wildman–Crippen LogP) is -0.595. The van der Waals surface area contributed by atoms with Crippen LogP contribution in [-0.4, -0.2) is 16.2 Å². The molecule has 3 aromatic heterocycles. The summed E-state index contributed by atoms with van der Waals surface area (Å²) in [4.78, 5) is 0. The maximum absolute atomic E-state index is 6.15. The Kier molecular flexibility index (Phi) is 6.87. The first-order chi connectivity index (χ1) is 10.6. The highest BCUT2D eigenvalue weighted by Gasteiger charge is 2.13. The van der Waals surface area contributed by atoms with E-state index in [4.69, 9.17) is 10.5 Å². The quantitative estimate of drug-likeness (QED) is 0.626. The molecule has 130 valence electrons. The third kappa shape index (κ3) is 3.91. The fraction of sp³-hybridized carbons (Fsp3) is 0.294. The van der Waals surface area contributed by atoms with Gasteiger partial charge in [0, 0.05) is 23.7 Å². The first kappa shape index (κ1) is 20.1. The molecule has 3 aromatic rings. The third-order valence-corrected chi connectivity index (χ3v) is 3.94. The van der Waals surface area contributed by atoms with Crippen LogP contribution in [0.4, 0.5) is 5.69 Å². The molecule has 0 bridgehead atoms. The lowest BCUT2D eigenvalue weighted by Crippen LogP contribution is -3.00. The molecule has 0 amide bonds. The summed E-state index contributed by atoms with van der Waals surface area (Å²) in [5.74, 6) is 0.508. The first-order valence-corrected chi connectivity index (χ1v) is 7.37. The SMILES string of the molecule is Cc1ccc2c(N)c(OCCc3ccc[n+](C)c3)nn2c1C.Cl.[Cl-]. The highest BCUT2D eigenvalue weighted by atomic mass is 35.5. The summed E-state index contributed by atoms with van der Waals surface area (Å²) < 4.78 is 9.67. The van der Waals surface area contributed by atoms with Gasteiger partial charge in [-0.2, -0.15) is 0 Å². The molecule has 3 rings (SSSR count). The summed E-state index contributed by atoms with van der Waals surface area (Å²) >= 11 is 0. The summed E-state index contributed by atoms with van der Waals surface area (Å²) in [5.41, 5.74) is 11.1. The van der Waals surface area contributed by atoms with E-state index < -0.39 is 0 Å². The van der Waals surface area contributed by atoms with Crippen LogP contribution >= 0.6 is 12.4 Å². The molecule has 24 heavy (non-hydrogen) atoms. The monoisotopic (exact) mass is 368 g/mol. The molecule has 7 heteroatoms. The van der Waals surface area contributed by atoms with Crippen LogP contribution in [0.1, 0.15) is 16.8 Å². The Morgan fingerprint density at radius 1 is 1.25 bits per heavy atom. The summed E-state index contributed by atoms with van der Waals surface area (Å²) in [5, 5.41) is 4.49. The number of aryl methyl sites for hydroxylation is 3. The fourth-order valence-electron chi connectivity index (χ4n) is 2.50. The Bertz CT molecular complexity index is 833. The van der Waals surface area contributed by atoms with Crippen LogP contribution in [0.3, 0.4) is 0 Å². The lowest BCUT2D eigenvalue weighted by molar-refractivity contribution is -0.671. The van der Waals surface area contributed by atoms with Gasteiger partial charge >= 0.3 is 0 Å². The van der Waals surface area contributed by atoms with Gasteiger partial charge in [0.25, 0.3) is 5.88 Å². The molecule has 0 spiro atoms. The van der Waals surface area contributed by atoms with E-state index in [1.54, 1.807) is 0 Å². The maximum Gasteiger partial charge on any atom is 0.257 e. The van der Waals surface area contributed by atoms with Gasteiger partial charge < -0.3 is 22.9 Å². The highest BCUT2D eigenvalue weighted by Crippen LogP contribution is 2.27. The van der Waals surface area contributed by atoms with Crippen LogP contribution in [0.15, 0.2) is 36.7 Å². The van der Waals surface area contributed by atoms with Gasteiger partial charge in [-0.15, -0.1) is 17.5 Å². The molecular formula is C17H22Cl2N4O. The van der Waals surface area contributed by atoms with E-state index in [1.807, 2.05) is 41.4 Å². The Morgan fingerprint density at radius 3 is 2.71 bits per heavy atom. The van der Waals surface area contributed by atoms with Crippen LogP contribution in [0.5, 0.6) is 5.88 Å². The largest absolute Gasteiger partial charge is 1.00 e. The molecule has 0 aliphatic heterocycles. The van der Waals surface area contributed by atoms with Gasteiger partial charge in [0.2, 0.25) is 0 Å². The number of ether oxygens (including phenoxy) is 1. The normalized spacial score (nSPS) is 10.1. The van der Waals surface area contributed by atoms with E-state index in [2.05, 4.69) is 30.4 Å². The molecule has 0 fully saturated rings. The van der Waals surface area contributed by atoms with Crippen molar-refractivity contribution in [3.63, 3.8) is 0 Å². The average molecular weight is 369 g/mol. The Morgan fingerprint density at radius 2 is 2.00 bits per heavy atom. The van der Waals surface area contributed by atoms with Crippen LogP contribution in [-0.2, 0) is 13.5 Å². The Labute approximate surface area is 154 Å². The molecule has 0 aliphatic rings. The van der Waals surface area contributed by atoms with E-state index >= 15 is 0 Å². The number of hydrogen-bond donors (Lipinski definition) is 1. The number of rotatable bonds is 4. The van der Waals surface area contributed by atoms with Crippen molar-refractivity contribution in [2.45, 2.75) is 20.3 Å². The Hall–Kier alpha value is -1.98. The lowest BCUT2D eigenvalue weighted by atomic mass is 10.2. The number of hydrogen-bond acceptors (Lipinski definition) is 3. The van der Waals surface area contributed by atoms with Crippen molar-refractivity contribution in [3.8, 4) is 5.88 Å². The first-order valence-electron chi connectivity index (χ1n) is 7.37. The Balaban J connectivity index is 0.00000144. The molecule has 0 aromatic carbocycles. The van der Waals surface area contributed by atoms with Crippen molar-refractivity contribution in [1.82, 2.24) is 9.61 Å². The molecule has 0 unspecified atom stereocenters. The van der Waals surface area contributed by atoms with Crippen LogP contribution in [0, 0.1) is 13.8 Å². The smallest absolute Gasteiger partial charge is 0.257 e. The van der Waals surface area contributed by atoms with Crippen molar-refractivity contribution >= 4 is 23.6 Å². The zero-order valence-corrected chi connectivity index (χ0v) is 15.6. The van der Waals surface area contributed by atoms with Crippen LogP contribution in [0.2, 0.25) is 0 Å². The molecule has 3 heterocycles. The number of nitrogens with two attached hydrogens (primary N) is 1. The number of halogens is 2. The van der Waals surface area contributed by atoms with E-state index in [-0.39, 0.29) is 24.8 Å². The van der Waals surface area contributed by atoms with Crippen LogP contribution in [0.25, 0.3) is 5.52 Å². The molecule has 0 aliphatic carbocycles. The topological polar surface area (TPSA) is 56.4 Å². The number of nitrogens with zero attached hydrogens (tertiary/aromatic N) is 3. The van der Waals surface area contributed by atoms with Gasteiger partial charge in [-0.1, -0.05) is 6.07 Å². The predicted molar refractivity (Wildman–Crippen MR) is 93.1 cm³/mol. The van der Waals surface area contributed by atoms with Crippen molar-refractivity contribution in [2.24, 2.45) is 7.05 Å². The van der Waals surface area contributed by atoms with Gasteiger partial charge in [0.05, 0.1) is 12.1 Å². The number of nitrogen functional groups attached to an aromatic ring is 1. The minimum absolute atomic E-state index is 0. The summed E-state index contributed by atoms with van der Waals surface area (Å²) in [6, 6.07) is 8.15. The maximum atomic E-state index is 6.15. The lowest BCUT2D eigenvalue weighted by Gasteiger charge is -2.03. The number of anilines is 1. The second kappa shape index (κ2) is 8.22. The molecule has 0 atom stereocenters. The molecular weight excluding hydrogens is 347 g/mol. The second-order valence-electron chi connectivity index (χ2n) is 5.59. The van der Waals surface area contributed by atoms with Crippen LogP contribution < -0.4 is 27.4 Å². The van der Waals surface area contributed by atoms with E-state index in [0.29, 0.717) is 18.2 Å². The van der Waals surface area contributed by atoms with E-state index in [9.17, 15) is 0 Å². The van der Waals surface area contributed by atoms with Crippen molar-refractivity contribution in [1.29, 1.82) is 0 Å². The third-order valence-electron chi connectivity index (χ3n) is 3.94. The van der Waals surface area contributed by atoms with Crippen molar-refractivity contribution < 1.29 is 21.7 Å². The van der Waals surface area contributed by atoms with E-state index in [0.717, 1.165) is 17.6 Å². The number of fused-ring (bicyclic) bond motifs is 1. The summed E-state index contributed by atoms with van der Waals surface area (Å²) in [6.45, 7) is 4.64. The molecule has 0 saturated carbocycles. The van der Waals surface area contributed by atoms with Gasteiger partial charge in [-0.25, -0.2) is 9.08 Å². The van der Waals surface area contributed by atoms with Gasteiger partial charge in [0.1, 0.15) is 12.7 Å².